The minimum atomic E-state index is -4.41. The second-order valence-corrected chi connectivity index (χ2v) is 9.28. The van der Waals surface area contributed by atoms with Crippen LogP contribution in [0.5, 0.6) is 5.75 Å². The van der Waals surface area contributed by atoms with Crippen molar-refractivity contribution in [3.63, 3.8) is 0 Å². The van der Waals surface area contributed by atoms with E-state index < -0.39 is 35.2 Å². The lowest BCUT2D eigenvalue weighted by atomic mass is 10.00. The summed E-state index contributed by atoms with van der Waals surface area (Å²) in [5, 5.41) is 8.06. The zero-order chi connectivity index (χ0) is 34.5. The maximum atomic E-state index is 12.6. The van der Waals surface area contributed by atoms with Gasteiger partial charge in [0.2, 0.25) is 0 Å². The Balaban J connectivity index is 0.000000261. The first-order chi connectivity index (χ1) is 21.4. The van der Waals surface area contributed by atoms with Crippen LogP contribution in [0, 0.1) is 23.9 Å². The zero-order valence-electron chi connectivity index (χ0n) is 23.5. The third-order valence-electron chi connectivity index (χ3n) is 5.69. The standard InChI is InChI=1S/C18H13F3O.C8H4F3NO.C7H6F3N/c1-2-13-5-3-6-14(9-13)11-17(22)12-15-7-4-8-16(10-15)18(19,20)21;9-8(10,11)6-2-1-3-7(4-6)13-5-12;8-7(9,10)5-2-1-3-6(11)4-5/h1,3-10H,11-12H2;1-4H;1-4H,11H2. The molecule has 0 bridgehead atoms. The molecule has 0 saturated heterocycles. The summed E-state index contributed by atoms with van der Waals surface area (Å²) in [4.78, 5) is 12.0. The molecule has 0 atom stereocenters. The molecular weight excluding hydrogens is 627 g/mol. The van der Waals surface area contributed by atoms with Crippen LogP contribution < -0.4 is 10.5 Å². The first kappa shape index (κ1) is 36.8. The van der Waals surface area contributed by atoms with Gasteiger partial charge in [0.25, 0.3) is 6.26 Å². The predicted octanol–water partition coefficient (Wildman–Crippen LogP) is 8.89. The van der Waals surface area contributed by atoms with Crippen molar-refractivity contribution >= 4 is 11.5 Å². The predicted molar refractivity (Wildman–Crippen MR) is 152 cm³/mol. The first-order valence-corrected chi connectivity index (χ1v) is 12.8. The number of alkyl halides is 9. The van der Waals surface area contributed by atoms with Gasteiger partial charge >= 0.3 is 18.5 Å². The van der Waals surface area contributed by atoms with Gasteiger partial charge < -0.3 is 10.5 Å². The van der Waals surface area contributed by atoms with E-state index in [1.54, 1.807) is 24.3 Å². The van der Waals surface area contributed by atoms with E-state index in [0.29, 0.717) is 11.1 Å². The van der Waals surface area contributed by atoms with Gasteiger partial charge in [-0.3, -0.25) is 4.79 Å². The Morgan fingerprint density at radius 2 is 1.13 bits per heavy atom. The zero-order valence-corrected chi connectivity index (χ0v) is 23.5. The number of carbonyl (C=O) groups is 1. The minimum Gasteiger partial charge on any atom is -0.399 e. The van der Waals surface area contributed by atoms with Crippen LogP contribution in [-0.4, -0.2) is 5.78 Å². The average molecular weight is 651 g/mol. The second-order valence-electron chi connectivity index (χ2n) is 9.28. The van der Waals surface area contributed by atoms with Crippen molar-refractivity contribution in [2.75, 3.05) is 5.73 Å². The summed E-state index contributed by atoms with van der Waals surface area (Å²) in [6.07, 6.45) is -6.42. The highest BCUT2D eigenvalue weighted by Gasteiger charge is 2.31. The number of terminal acetylenes is 1. The fourth-order valence-corrected chi connectivity index (χ4v) is 3.65. The van der Waals surface area contributed by atoms with E-state index in [9.17, 15) is 44.3 Å². The maximum absolute atomic E-state index is 12.6. The lowest BCUT2D eigenvalue weighted by Gasteiger charge is -2.08. The molecule has 2 N–H and O–H groups in total. The van der Waals surface area contributed by atoms with Crippen LogP contribution in [-0.2, 0) is 36.2 Å². The summed E-state index contributed by atoms with van der Waals surface area (Å²) in [7, 11) is 0. The third kappa shape index (κ3) is 12.7. The molecule has 4 aromatic rings. The van der Waals surface area contributed by atoms with E-state index in [1.807, 2.05) is 0 Å². The largest absolute Gasteiger partial charge is 0.416 e. The maximum Gasteiger partial charge on any atom is 0.416 e. The molecule has 0 spiro atoms. The van der Waals surface area contributed by atoms with Crippen LogP contribution in [0.1, 0.15) is 33.4 Å². The smallest absolute Gasteiger partial charge is 0.399 e. The third-order valence-corrected chi connectivity index (χ3v) is 5.69. The minimum absolute atomic E-state index is 0.0375. The SMILES string of the molecule is C#Cc1cccc(CC(=O)Cc2cccc(C(F)(F)F)c2)c1.N#COc1cccc(C(F)(F)F)c1.Nc1cccc(C(F)(F)F)c1. The molecule has 0 aliphatic heterocycles. The summed E-state index contributed by atoms with van der Waals surface area (Å²) in [5.41, 5.74) is 4.78. The van der Waals surface area contributed by atoms with Crippen LogP contribution in [0.15, 0.2) is 97.1 Å². The molecule has 4 rings (SSSR count). The number of halogens is 9. The van der Waals surface area contributed by atoms with Crippen LogP contribution >= 0.6 is 0 Å². The van der Waals surface area contributed by atoms with Crippen molar-refractivity contribution in [2.45, 2.75) is 31.4 Å². The quantitative estimate of drug-likeness (QED) is 0.101. The van der Waals surface area contributed by atoms with E-state index in [1.165, 1.54) is 42.7 Å². The number of nitrogen functional groups attached to an aromatic ring is 1. The Morgan fingerprint density at radius 1 is 0.674 bits per heavy atom. The van der Waals surface area contributed by atoms with Crippen LogP contribution in [0.25, 0.3) is 0 Å². The fourth-order valence-electron chi connectivity index (χ4n) is 3.65. The summed E-state index contributed by atoms with van der Waals surface area (Å²) < 4.78 is 114. The monoisotopic (exact) mass is 650 g/mol. The van der Waals surface area contributed by atoms with Crippen molar-refractivity contribution in [3.8, 4) is 24.3 Å². The van der Waals surface area contributed by atoms with Crippen molar-refractivity contribution in [3.05, 3.63) is 130 Å². The highest BCUT2D eigenvalue weighted by molar-refractivity contribution is 5.83. The van der Waals surface area contributed by atoms with Crippen LogP contribution in [0.4, 0.5) is 45.2 Å². The molecule has 4 nitrogen and oxygen atoms in total. The van der Waals surface area contributed by atoms with E-state index in [0.717, 1.165) is 42.0 Å². The molecule has 0 unspecified atom stereocenters. The summed E-state index contributed by atoms with van der Waals surface area (Å²) in [6, 6.07) is 20.5. The normalized spacial score (nSPS) is 11.0. The molecule has 46 heavy (non-hydrogen) atoms. The van der Waals surface area contributed by atoms with Gasteiger partial charge in [-0.1, -0.05) is 48.4 Å². The number of hydrogen-bond acceptors (Lipinski definition) is 4. The Kier molecular flexibility index (Phi) is 12.8. The Labute approximate surface area is 257 Å². The Bertz CT molecular complexity index is 1700. The second kappa shape index (κ2) is 16.0. The van der Waals surface area contributed by atoms with Crippen LogP contribution in [0.2, 0.25) is 0 Å². The van der Waals surface area contributed by atoms with Gasteiger partial charge in [-0.15, -0.1) is 11.7 Å². The molecule has 0 saturated carbocycles. The molecule has 240 valence electrons. The fraction of sp³-hybridized carbons (Fsp3) is 0.152. The van der Waals surface area contributed by atoms with Gasteiger partial charge in [0.15, 0.2) is 0 Å². The highest BCUT2D eigenvalue weighted by atomic mass is 19.4. The van der Waals surface area contributed by atoms with Gasteiger partial charge in [-0.25, -0.2) is 0 Å². The van der Waals surface area contributed by atoms with E-state index in [-0.39, 0.29) is 30.1 Å². The number of Topliss-reactive ketones (excluding diaryl/α,β-unsaturated/α-hetero) is 1. The van der Waals surface area contributed by atoms with Crippen molar-refractivity contribution in [1.82, 2.24) is 0 Å². The topological polar surface area (TPSA) is 76.1 Å². The van der Waals surface area contributed by atoms with Gasteiger partial charge in [-0.2, -0.15) is 39.5 Å². The number of hydrogen-bond donors (Lipinski definition) is 1. The summed E-state index contributed by atoms with van der Waals surface area (Å²) in [5.74, 6) is 2.21. The molecule has 0 aliphatic carbocycles. The van der Waals surface area contributed by atoms with E-state index in [2.05, 4.69) is 10.7 Å². The lowest BCUT2D eigenvalue weighted by molar-refractivity contribution is -0.138. The number of nitriles is 1. The molecule has 0 heterocycles. The number of nitrogens with two attached hydrogens (primary N) is 1. The Morgan fingerprint density at radius 3 is 1.61 bits per heavy atom. The van der Waals surface area contributed by atoms with Crippen molar-refractivity contribution in [2.24, 2.45) is 0 Å². The number of benzene rings is 4. The average Bonchev–Trinajstić information content (AvgIpc) is 2.97. The molecule has 0 aromatic heterocycles. The molecule has 0 radical (unpaired) electrons. The molecule has 0 aliphatic rings. The molecular formula is C33H23F9N2O2. The van der Waals surface area contributed by atoms with Crippen LogP contribution in [0.3, 0.4) is 0 Å². The van der Waals surface area contributed by atoms with Gasteiger partial charge in [-0.05, 0) is 65.7 Å². The summed E-state index contributed by atoms with van der Waals surface area (Å²) in [6.45, 7) is 0. The summed E-state index contributed by atoms with van der Waals surface area (Å²) >= 11 is 0. The lowest BCUT2D eigenvalue weighted by Crippen LogP contribution is -2.09. The van der Waals surface area contributed by atoms with E-state index in [4.69, 9.17) is 17.4 Å². The van der Waals surface area contributed by atoms with Gasteiger partial charge in [0, 0.05) is 24.1 Å². The molecule has 0 fully saturated rings. The number of anilines is 1. The number of carbonyl (C=O) groups excluding carboxylic acids is 1. The van der Waals surface area contributed by atoms with Gasteiger partial charge in [0.1, 0.15) is 11.5 Å². The number of ketones is 1. The molecule has 0 amide bonds. The molecule has 4 aromatic carbocycles. The number of nitrogens with zero attached hydrogens (tertiary/aromatic N) is 1. The Hall–Kier alpha value is -5.43. The first-order valence-electron chi connectivity index (χ1n) is 12.8. The van der Waals surface area contributed by atoms with Gasteiger partial charge in [0.05, 0.1) is 16.7 Å². The number of ether oxygens (including phenoxy) is 1. The van der Waals surface area contributed by atoms with Crippen molar-refractivity contribution in [1.29, 1.82) is 5.26 Å². The highest BCUT2D eigenvalue weighted by Crippen LogP contribution is 2.32. The van der Waals surface area contributed by atoms with Crippen molar-refractivity contribution < 1.29 is 49.0 Å². The van der Waals surface area contributed by atoms with E-state index >= 15 is 0 Å². The molecule has 13 heteroatoms. The number of rotatable bonds is 5.